The second kappa shape index (κ2) is 7.15. The number of morpholine rings is 1. The van der Waals surface area contributed by atoms with Gasteiger partial charge in [0.15, 0.2) is 0 Å². The number of benzene rings is 1. The van der Waals surface area contributed by atoms with Gasteiger partial charge in [-0.2, -0.15) is 0 Å². The third-order valence-corrected chi connectivity index (χ3v) is 4.49. The van der Waals surface area contributed by atoms with Crippen molar-refractivity contribution in [1.29, 1.82) is 0 Å². The van der Waals surface area contributed by atoms with Crippen LogP contribution in [0.3, 0.4) is 0 Å². The van der Waals surface area contributed by atoms with E-state index in [0.29, 0.717) is 26.1 Å². The molecule has 1 fully saturated rings. The molecule has 0 unspecified atom stereocenters. The van der Waals surface area contributed by atoms with E-state index in [1.165, 1.54) is 0 Å². The molecule has 0 bridgehead atoms. The third kappa shape index (κ3) is 3.66. The maximum atomic E-state index is 12.6. The van der Waals surface area contributed by atoms with E-state index < -0.39 is 5.60 Å². The van der Waals surface area contributed by atoms with E-state index in [1.807, 2.05) is 41.8 Å². The van der Waals surface area contributed by atoms with Crippen molar-refractivity contribution in [2.75, 3.05) is 26.3 Å². The molecule has 2 heterocycles. The average Bonchev–Trinajstić information content (AvgIpc) is 3.01. The van der Waals surface area contributed by atoms with E-state index in [0.717, 1.165) is 11.4 Å². The number of carbonyl (C=O) groups is 1. The van der Waals surface area contributed by atoms with Crippen LogP contribution in [-0.4, -0.2) is 57.4 Å². The van der Waals surface area contributed by atoms with Gasteiger partial charge in [0, 0.05) is 25.4 Å². The summed E-state index contributed by atoms with van der Waals surface area (Å²) in [5.41, 5.74) is 0.352. The number of carbonyl (C=O) groups excluding carboxylic acids is 1. The van der Waals surface area contributed by atoms with E-state index >= 15 is 0 Å². The zero-order valence-corrected chi connectivity index (χ0v) is 13.9. The summed E-state index contributed by atoms with van der Waals surface area (Å²) in [4.78, 5) is 18.5. The lowest BCUT2D eigenvalue weighted by molar-refractivity contribution is -0.158. The fraction of sp³-hybridized carbons (Fsp3) is 0.444. The Hall–Kier alpha value is -2.18. The topological polar surface area (TPSA) is 67.6 Å². The van der Waals surface area contributed by atoms with Crippen molar-refractivity contribution >= 4 is 5.91 Å². The Morgan fingerprint density at radius 1 is 1.38 bits per heavy atom. The number of ether oxygens (including phenoxy) is 1. The Balaban J connectivity index is 1.70. The van der Waals surface area contributed by atoms with Gasteiger partial charge in [0.05, 0.1) is 19.8 Å². The van der Waals surface area contributed by atoms with Crippen LogP contribution in [0, 0.1) is 6.92 Å². The van der Waals surface area contributed by atoms with Gasteiger partial charge in [-0.1, -0.05) is 30.3 Å². The van der Waals surface area contributed by atoms with Crippen molar-refractivity contribution in [3.05, 3.63) is 54.1 Å². The number of aryl methyl sites for hydroxylation is 1. The number of aliphatic hydroxyl groups is 1. The summed E-state index contributed by atoms with van der Waals surface area (Å²) >= 11 is 0. The standard InChI is InChI=1S/C18H23N3O3/c1-15-19-7-8-20(15)12-17(23)21-9-10-24-18(13-21,14-22)11-16-5-3-2-4-6-16/h2-8,22H,9-14H2,1H3/t18-/m0/s1. The van der Waals surface area contributed by atoms with Crippen LogP contribution in [-0.2, 0) is 22.5 Å². The molecule has 0 spiro atoms. The minimum atomic E-state index is -0.737. The molecule has 1 aromatic carbocycles. The summed E-state index contributed by atoms with van der Waals surface area (Å²) in [5.74, 6) is 0.833. The monoisotopic (exact) mass is 329 g/mol. The molecular weight excluding hydrogens is 306 g/mol. The number of hydrogen-bond acceptors (Lipinski definition) is 4. The molecule has 0 aliphatic carbocycles. The zero-order chi connectivity index (χ0) is 17.0. The van der Waals surface area contributed by atoms with Crippen LogP contribution in [0.2, 0.25) is 0 Å². The van der Waals surface area contributed by atoms with Gasteiger partial charge >= 0.3 is 0 Å². The molecular formula is C18H23N3O3. The maximum Gasteiger partial charge on any atom is 0.242 e. The quantitative estimate of drug-likeness (QED) is 0.889. The number of nitrogens with zero attached hydrogens (tertiary/aromatic N) is 3. The second-order valence-electron chi connectivity index (χ2n) is 6.27. The fourth-order valence-corrected chi connectivity index (χ4v) is 3.10. The molecule has 1 N–H and O–H groups in total. The van der Waals surface area contributed by atoms with Gasteiger partial charge < -0.3 is 19.3 Å². The smallest absolute Gasteiger partial charge is 0.242 e. The highest BCUT2D eigenvalue weighted by Gasteiger charge is 2.38. The molecule has 1 saturated heterocycles. The van der Waals surface area contributed by atoms with E-state index in [9.17, 15) is 9.90 Å². The number of amides is 1. The van der Waals surface area contributed by atoms with Crippen molar-refractivity contribution in [3.8, 4) is 0 Å². The number of aromatic nitrogens is 2. The highest BCUT2D eigenvalue weighted by molar-refractivity contribution is 5.76. The number of hydrogen-bond donors (Lipinski definition) is 1. The first kappa shape index (κ1) is 16.7. The molecule has 1 aliphatic rings. The van der Waals surface area contributed by atoms with Gasteiger partial charge in [0.2, 0.25) is 5.91 Å². The SMILES string of the molecule is Cc1nccn1CC(=O)N1CCO[C@@](CO)(Cc2ccccc2)C1. The summed E-state index contributed by atoms with van der Waals surface area (Å²) in [7, 11) is 0. The summed E-state index contributed by atoms with van der Waals surface area (Å²) in [5, 5.41) is 9.93. The van der Waals surface area contributed by atoms with Crippen LogP contribution >= 0.6 is 0 Å². The van der Waals surface area contributed by atoms with E-state index in [1.54, 1.807) is 17.3 Å². The molecule has 1 amide bonds. The minimum absolute atomic E-state index is 0.0188. The Labute approximate surface area is 141 Å². The molecule has 128 valence electrons. The highest BCUT2D eigenvalue weighted by Crippen LogP contribution is 2.23. The normalized spacial score (nSPS) is 21.0. The van der Waals surface area contributed by atoms with Gasteiger partial charge in [-0.15, -0.1) is 0 Å². The predicted octanol–water partition coefficient (Wildman–Crippen LogP) is 1.02. The molecule has 1 aromatic heterocycles. The molecule has 0 saturated carbocycles. The zero-order valence-electron chi connectivity index (χ0n) is 13.9. The summed E-state index contributed by atoms with van der Waals surface area (Å²) in [6.07, 6.45) is 4.07. The summed E-state index contributed by atoms with van der Waals surface area (Å²) < 4.78 is 7.72. The van der Waals surface area contributed by atoms with Crippen molar-refractivity contribution in [3.63, 3.8) is 0 Å². The molecule has 2 aromatic rings. The van der Waals surface area contributed by atoms with Crippen molar-refractivity contribution in [2.24, 2.45) is 0 Å². The van der Waals surface area contributed by atoms with E-state index in [2.05, 4.69) is 4.98 Å². The first-order valence-corrected chi connectivity index (χ1v) is 8.16. The van der Waals surface area contributed by atoms with Gasteiger partial charge in [-0.05, 0) is 12.5 Å². The van der Waals surface area contributed by atoms with Crippen LogP contribution in [0.25, 0.3) is 0 Å². The predicted molar refractivity (Wildman–Crippen MR) is 89.5 cm³/mol. The first-order chi connectivity index (χ1) is 11.6. The van der Waals surface area contributed by atoms with E-state index in [-0.39, 0.29) is 19.1 Å². The Morgan fingerprint density at radius 2 is 2.17 bits per heavy atom. The number of rotatable bonds is 5. The molecule has 6 heteroatoms. The molecule has 3 rings (SSSR count). The lowest BCUT2D eigenvalue weighted by Gasteiger charge is -2.42. The van der Waals surface area contributed by atoms with Crippen LogP contribution in [0.4, 0.5) is 0 Å². The first-order valence-electron chi connectivity index (χ1n) is 8.16. The van der Waals surface area contributed by atoms with Crippen LogP contribution in [0.1, 0.15) is 11.4 Å². The van der Waals surface area contributed by atoms with Crippen LogP contribution in [0.5, 0.6) is 0 Å². The van der Waals surface area contributed by atoms with Gasteiger partial charge in [-0.25, -0.2) is 4.98 Å². The van der Waals surface area contributed by atoms with E-state index in [4.69, 9.17) is 4.74 Å². The Bertz CT molecular complexity index is 686. The summed E-state index contributed by atoms with van der Waals surface area (Å²) in [6.45, 7) is 3.39. The van der Waals surface area contributed by atoms with Crippen molar-refractivity contribution < 1.29 is 14.6 Å². The Morgan fingerprint density at radius 3 is 2.83 bits per heavy atom. The van der Waals surface area contributed by atoms with Crippen molar-refractivity contribution in [1.82, 2.24) is 14.5 Å². The third-order valence-electron chi connectivity index (χ3n) is 4.49. The maximum absolute atomic E-state index is 12.6. The molecule has 24 heavy (non-hydrogen) atoms. The lowest BCUT2D eigenvalue weighted by Crippen LogP contribution is -2.57. The van der Waals surface area contributed by atoms with Gasteiger partial charge in [-0.3, -0.25) is 4.79 Å². The summed E-state index contributed by atoms with van der Waals surface area (Å²) in [6, 6.07) is 9.91. The molecule has 6 nitrogen and oxygen atoms in total. The lowest BCUT2D eigenvalue weighted by atomic mass is 9.93. The number of aliphatic hydroxyl groups excluding tert-OH is 1. The molecule has 1 atom stereocenters. The fourth-order valence-electron chi connectivity index (χ4n) is 3.10. The second-order valence-corrected chi connectivity index (χ2v) is 6.27. The van der Waals surface area contributed by atoms with Gasteiger partial charge in [0.1, 0.15) is 18.0 Å². The van der Waals surface area contributed by atoms with Gasteiger partial charge in [0.25, 0.3) is 0 Å². The number of imidazole rings is 1. The average molecular weight is 329 g/mol. The molecule has 1 aliphatic heterocycles. The largest absolute Gasteiger partial charge is 0.393 e. The molecule has 0 radical (unpaired) electrons. The van der Waals surface area contributed by atoms with Crippen LogP contribution < -0.4 is 0 Å². The van der Waals surface area contributed by atoms with Crippen LogP contribution in [0.15, 0.2) is 42.7 Å². The Kier molecular flexibility index (Phi) is 4.97. The van der Waals surface area contributed by atoms with Crippen molar-refractivity contribution in [2.45, 2.75) is 25.5 Å². The highest BCUT2D eigenvalue weighted by atomic mass is 16.5. The minimum Gasteiger partial charge on any atom is -0.393 e.